The molecule has 0 spiro atoms. The van der Waals surface area contributed by atoms with Gasteiger partial charge in [0.2, 0.25) is 0 Å². The fraction of sp³-hybridized carbons (Fsp3) is 0.692. The first-order valence-corrected chi connectivity index (χ1v) is 7.46. The Labute approximate surface area is 118 Å². The third-order valence-electron chi connectivity index (χ3n) is 2.82. The molecule has 0 saturated carbocycles. The molecule has 0 unspecified atom stereocenters. The number of aromatic nitrogens is 1. The SMILES string of the molecule is CCN(CCCN(C)C)c1nc(CCC(=O)O)cs1. The van der Waals surface area contributed by atoms with Gasteiger partial charge >= 0.3 is 5.97 Å². The van der Waals surface area contributed by atoms with Gasteiger partial charge in [0.05, 0.1) is 12.1 Å². The predicted octanol–water partition coefficient (Wildman–Crippen LogP) is 1.94. The van der Waals surface area contributed by atoms with Gasteiger partial charge in [-0.1, -0.05) is 0 Å². The van der Waals surface area contributed by atoms with Crippen molar-refractivity contribution in [1.82, 2.24) is 9.88 Å². The average Bonchev–Trinajstić information content (AvgIpc) is 2.80. The van der Waals surface area contributed by atoms with E-state index in [0.29, 0.717) is 6.42 Å². The lowest BCUT2D eigenvalue weighted by Gasteiger charge is -2.20. The zero-order chi connectivity index (χ0) is 14.3. The molecule has 1 aromatic rings. The van der Waals surface area contributed by atoms with E-state index < -0.39 is 5.97 Å². The molecule has 6 heteroatoms. The Balaban J connectivity index is 2.49. The van der Waals surface area contributed by atoms with Crippen LogP contribution in [-0.4, -0.2) is 54.7 Å². The summed E-state index contributed by atoms with van der Waals surface area (Å²) in [7, 11) is 4.15. The van der Waals surface area contributed by atoms with Gasteiger partial charge in [0, 0.05) is 24.9 Å². The molecule has 0 aromatic carbocycles. The van der Waals surface area contributed by atoms with E-state index in [-0.39, 0.29) is 6.42 Å². The largest absolute Gasteiger partial charge is 0.481 e. The fourth-order valence-electron chi connectivity index (χ4n) is 1.76. The van der Waals surface area contributed by atoms with Gasteiger partial charge in [-0.2, -0.15) is 0 Å². The first kappa shape index (κ1) is 15.9. The Hall–Kier alpha value is -1.14. The van der Waals surface area contributed by atoms with Crippen molar-refractivity contribution in [2.24, 2.45) is 0 Å². The quantitative estimate of drug-likeness (QED) is 0.751. The minimum atomic E-state index is -0.770. The van der Waals surface area contributed by atoms with Crippen molar-refractivity contribution in [1.29, 1.82) is 0 Å². The van der Waals surface area contributed by atoms with Gasteiger partial charge in [-0.25, -0.2) is 4.98 Å². The van der Waals surface area contributed by atoms with Gasteiger partial charge in [0.15, 0.2) is 5.13 Å². The summed E-state index contributed by atoms with van der Waals surface area (Å²) in [5.41, 5.74) is 0.883. The van der Waals surface area contributed by atoms with Crippen molar-refractivity contribution >= 4 is 22.4 Å². The topological polar surface area (TPSA) is 56.7 Å². The molecule has 1 heterocycles. The summed E-state index contributed by atoms with van der Waals surface area (Å²) in [5, 5.41) is 11.6. The van der Waals surface area contributed by atoms with Gasteiger partial charge in [0.25, 0.3) is 0 Å². The lowest BCUT2D eigenvalue weighted by atomic mass is 10.2. The number of nitrogens with zero attached hydrogens (tertiary/aromatic N) is 3. The molecule has 1 rings (SSSR count). The average molecular weight is 285 g/mol. The Kier molecular flexibility index (Phi) is 6.80. The lowest BCUT2D eigenvalue weighted by Crippen LogP contribution is -2.26. The van der Waals surface area contributed by atoms with E-state index >= 15 is 0 Å². The number of carboxylic acids is 1. The number of hydrogen-bond donors (Lipinski definition) is 1. The van der Waals surface area contributed by atoms with E-state index in [1.807, 2.05) is 5.38 Å². The molecule has 0 fully saturated rings. The van der Waals surface area contributed by atoms with Gasteiger partial charge in [-0.3, -0.25) is 4.79 Å². The molecular weight excluding hydrogens is 262 g/mol. The van der Waals surface area contributed by atoms with Gasteiger partial charge in [-0.05, 0) is 34.0 Å². The Morgan fingerprint density at radius 2 is 2.16 bits per heavy atom. The summed E-state index contributed by atoms with van der Waals surface area (Å²) in [6, 6.07) is 0. The maximum Gasteiger partial charge on any atom is 0.303 e. The minimum absolute atomic E-state index is 0.149. The highest BCUT2D eigenvalue weighted by Gasteiger charge is 2.10. The lowest BCUT2D eigenvalue weighted by molar-refractivity contribution is -0.136. The molecule has 5 nitrogen and oxygen atoms in total. The first-order chi connectivity index (χ1) is 9.02. The summed E-state index contributed by atoms with van der Waals surface area (Å²) in [4.78, 5) is 19.5. The number of anilines is 1. The highest BCUT2D eigenvalue weighted by molar-refractivity contribution is 7.13. The summed E-state index contributed by atoms with van der Waals surface area (Å²) >= 11 is 1.60. The summed E-state index contributed by atoms with van der Waals surface area (Å²) in [6.45, 7) is 5.10. The predicted molar refractivity (Wildman–Crippen MR) is 79.1 cm³/mol. The van der Waals surface area contributed by atoms with Crippen LogP contribution in [0.4, 0.5) is 5.13 Å². The monoisotopic (exact) mass is 285 g/mol. The number of hydrogen-bond acceptors (Lipinski definition) is 5. The van der Waals surface area contributed by atoms with Crippen molar-refractivity contribution in [3.05, 3.63) is 11.1 Å². The third kappa shape index (κ3) is 6.02. The van der Waals surface area contributed by atoms with E-state index in [1.165, 1.54) is 0 Å². The van der Waals surface area contributed by atoms with Crippen LogP contribution in [0, 0.1) is 0 Å². The highest BCUT2D eigenvalue weighted by Crippen LogP contribution is 2.21. The molecule has 0 atom stereocenters. The normalized spacial score (nSPS) is 10.9. The van der Waals surface area contributed by atoms with E-state index in [9.17, 15) is 4.79 Å². The van der Waals surface area contributed by atoms with Crippen LogP contribution in [0.5, 0.6) is 0 Å². The molecule has 0 radical (unpaired) electrons. The zero-order valence-corrected chi connectivity index (χ0v) is 12.7. The number of carboxylic acid groups (broad SMARTS) is 1. The smallest absolute Gasteiger partial charge is 0.303 e. The molecule has 0 aliphatic heterocycles. The zero-order valence-electron chi connectivity index (χ0n) is 11.9. The van der Waals surface area contributed by atoms with Crippen molar-refractivity contribution in [3.8, 4) is 0 Å². The van der Waals surface area contributed by atoms with E-state index in [1.54, 1.807) is 11.3 Å². The Morgan fingerprint density at radius 3 is 2.74 bits per heavy atom. The van der Waals surface area contributed by atoms with Crippen LogP contribution in [0.25, 0.3) is 0 Å². The second-order valence-corrected chi connectivity index (χ2v) is 5.59. The van der Waals surface area contributed by atoms with Crippen LogP contribution in [-0.2, 0) is 11.2 Å². The third-order valence-corrected chi connectivity index (χ3v) is 3.77. The molecule has 0 amide bonds. The molecular formula is C13H23N3O2S. The highest BCUT2D eigenvalue weighted by atomic mass is 32.1. The Bertz CT molecular complexity index is 393. The van der Waals surface area contributed by atoms with Crippen LogP contribution < -0.4 is 4.90 Å². The van der Waals surface area contributed by atoms with Gasteiger partial charge in [-0.15, -0.1) is 11.3 Å². The molecule has 1 aromatic heterocycles. The maximum atomic E-state index is 10.5. The maximum absolute atomic E-state index is 10.5. The number of aryl methyl sites for hydroxylation is 1. The molecule has 0 aliphatic rings. The Morgan fingerprint density at radius 1 is 1.42 bits per heavy atom. The number of rotatable bonds is 9. The van der Waals surface area contributed by atoms with E-state index in [4.69, 9.17) is 5.11 Å². The summed E-state index contributed by atoms with van der Waals surface area (Å²) in [6.07, 6.45) is 1.77. The second-order valence-electron chi connectivity index (χ2n) is 4.75. The fourth-order valence-corrected chi connectivity index (χ4v) is 2.71. The van der Waals surface area contributed by atoms with Crippen LogP contribution in [0.2, 0.25) is 0 Å². The molecule has 0 saturated heterocycles. The van der Waals surface area contributed by atoms with Crippen LogP contribution in [0.1, 0.15) is 25.5 Å². The van der Waals surface area contributed by atoms with Gasteiger partial charge in [0.1, 0.15) is 0 Å². The molecule has 0 bridgehead atoms. The van der Waals surface area contributed by atoms with Crippen LogP contribution in [0.15, 0.2) is 5.38 Å². The van der Waals surface area contributed by atoms with E-state index in [0.717, 1.165) is 36.9 Å². The van der Waals surface area contributed by atoms with Crippen molar-refractivity contribution in [3.63, 3.8) is 0 Å². The van der Waals surface area contributed by atoms with Crippen LogP contribution in [0.3, 0.4) is 0 Å². The summed E-state index contributed by atoms with van der Waals surface area (Å²) in [5.74, 6) is -0.770. The van der Waals surface area contributed by atoms with Gasteiger partial charge < -0.3 is 14.9 Å². The minimum Gasteiger partial charge on any atom is -0.481 e. The van der Waals surface area contributed by atoms with E-state index in [2.05, 4.69) is 35.8 Å². The first-order valence-electron chi connectivity index (χ1n) is 6.58. The van der Waals surface area contributed by atoms with Crippen molar-refractivity contribution in [2.75, 3.05) is 38.6 Å². The molecule has 1 N–H and O–H groups in total. The summed E-state index contributed by atoms with van der Waals surface area (Å²) < 4.78 is 0. The number of aliphatic carboxylic acids is 1. The van der Waals surface area contributed by atoms with Crippen LogP contribution >= 0.6 is 11.3 Å². The molecule has 108 valence electrons. The molecule has 19 heavy (non-hydrogen) atoms. The second kappa shape index (κ2) is 8.12. The van der Waals surface area contributed by atoms with Crippen molar-refractivity contribution in [2.45, 2.75) is 26.2 Å². The number of thiazole rings is 1. The van der Waals surface area contributed by atoms with Crippen molar-refractivity contribution < 1.29 is 9.90 Å². The standard InChI is InChI=1S/C13H23N3O2S/c1-4-16(9-5-8-15(2)3)13-14-11(10-19-13)6-7-12(17)18/h10H,4-9H2,1-3H3,(H,17,18). The molecule has 0 aliphatic carbocycles. The number of carbonyl (C=O) groups is 1.